The molecule has 1 aromatic heterocycles. The summed E-state index contributed by atoms with van der Waals surface area (Å²) < 4.78 is 26.8. The van der Waals surface area contributed by atoms with Crippen molar-refractivity contribution >= 4 is 33.6 Å². The van der Waals surface area contributed by atoms with E-state index in [1.54, 1.807) is 24.4 Å². The molecule has 100 valence electrons. The maximum atomic E-state index is 12.6. The van der Waals surface area contributed by atoms with E-state index in [9.17, 15) is 8.42 Å². The molecule has 1 aliphatic heterocycles. The number of hydrogen-bond acceptors (Lipinski definition) is 4. The van der Waals surface area contributed by atoms with Crippen molar-refractivity contribution < 1.29 is 8.42 Å². The summed E-state index contributed by atoms with van der Waals surface area (Å²) >= 11 is 4.35. The molecule has 0 N–H and O–H groups in total. The van der Waals surface area contributed by atoms with Gasteiger partial charge in [0.2, 0.25) is 10.0 Å². The summed E-state index contributed by atoms with van der Waals surface area (Å²) in [6.45, 7) is 0.994. The lowest BCUT2D eigenvalue weighted by Gasteiger charge is -2.16. The Morgan fingerprint density at radius 1 is 1.26 bits per heavy atom. The fourth-order valence-electron chi connectivity index (χ4n) is 2.35. The lowest BCUT2D eigenvalue weighted by atomic mass is 10.2. The van der Waals surface area contributed by atoms with Crippen molar-refractivity contribution in [2.45, 2.75) is 16.6 Å². The quantitative estimate of drug-likeness (QED) is 0.861. The zero-order chi connectivity index (χ0) is 13.5. The number of pyridine rings is 1. The molecule has 2 heterocycles. The first-order chi connectivity index (χ1) is 9.09. The van der Waals surface area contributed by atoms with Crippen molar-refractivity contribution in [2.75, 3.05) is 13.1 Å². The first-order valence-electron chi connectivity index (χ1n) is 6.11. The van der Waals surface area contributed by atoms with Gasteiger partial charge in [0.25, 0.3) is 0 Å². The average molecular weight is 294 g/mol. The molecule has 0 aliphatic carbocycles. The molecule has 1 fully saturated rings. The van der Waals surface area contributed by atoms with Crippen LogP contribution in [0.4, 0.5) is 0 Å². The minimum Gasteiger partial charge on any atom is -0.255 e. The number of para-hydroxylation sites is 1. The second-order valence-electron chi connectivity index (χ2n) is 4.64. The predicted octanol–water partition coefficient (Wildman–Crippen LogP) is 1.93. The van der Waals surface area contributed by atoms with Gasteiger partial charge in [0.1, 0.15) is 4.90 Å². The molecule has 3 rings (SSSR count). The number of fused-ring (bicyclic) bond motifs is 1. The molecule has 0 saturated carbocycles. The molecule has 0 radical (unpaired) electrons. The Morgan fingerprint density at radius 2 is 2.05 bits per heavy atom. The van der Waals surface area contributed by atoms with Crippen molar-refractivity contribution in [2.24, 2.45) is 0 Å². The first-order valence-corrected chi connectivity index (χ1v) is 8.06. The molecular formula is C13H14N2O2S2. The summed E-state index contributed by atoms with van der Waals surface area (Å²) in [7, 11) is -3.48. The SMILES string of the molecule is O=S(=O)(c1cccc2cccnc12)N1CCC(S)C1. The maximum absolute atomic E-state index is 12.6. The number of sulfonamides is 1. The summed E-state index contributed by atoms with van der Waals surface area (Å²) in [5, 5.41) is 0.961. The number of benzene rings is 1. The van der Waals surface area contributed by atoms with Crippen LogP contribution in [0, 0.1) is 0 Å². The highest BCUT2D eigenvalue weighted by molar-refractivity contribution is 7.89. The highest BCUT2D eigenvalue weighted by atomic mass is 32.2. The molecule has 6 heteroatoms. The average Bonchev–Trinajstić information content (AvgIpc) is 2.85. The topological polar surface area (TPSA) is 50.3 Å². The Kier molecular flexibility index (Phi) is 3.24. The molecule has 0 bridgehead atoms. The monoisotopic (exact) mass is 294 g/mol. The molecule has 1 aliphatic rings. The van der Waals surface area contributed by atoms with Gasteiger partial charge in [-0.3, -0.25) is 4.98 Å². The Hall–Kier alpha value is -1.11. The van der Waals surface area contributed by atoms with Gasteiger partial charge in [-0.15, -0.1) is 0 Å². The van der Waals surface area contributed by atoms with E-state index in [4.69, 9.17) is 0 Å². The summed E-state index contributed by atoms with van der Waals surface area (Å²) in [5.74, 6) is 0. The number of nitrogens with zero attached hydrogens (tertiary/aromatic N) is 2. The number of aromatic nitrogens is 1. The van der Waals surface area contributed by atoms with Gasteiger partial charge in [0.15, 0.2) is 0 Å². The van der Waals surface area contributed by atoms with Crippen LogP contribution in [0.15, 0.2) is 41.4 Å². The van der Waals surface area contributed by atoms with Crippen LogP contribution in [-0.4, -0.2) is 36.0 Å². The van der Waals surface area contributed by atoms with E-state index < -0.39 is 10.0 Å². The second kappa shape index (κ2) is 4.77. The molecule has 1 aromatic carbocycles. The Bertz CT molecular complexity index is 710. The number of thiol groups is 1. The molecule has 19 heavy (non-hydrogen) atoms. The minimum absolute atomic E-state index is 0.123. The highest BCUT2D eigenvalue weighted by Gasteiger charge is 2.32. The van der Waals surface area contributed by atoms with Gasteiger partial charge in [0, 0.05) is 29.9 Å². The molecule has 1 unspecified atom stereocenters. The van der Waals surface area contributed by atoms with Crippen LogP contribution in [0.3, 0.4) is 0 Å². The van der Waals surface area contributed by atoms with Crippen molar-refractivity contribution in [1.29, 1.82) is 0 Å². The van der Waals surface area contributed by atoms with Gasteiger partial charge in [-0.2, -0.15) is 16.9 Å². The Balaban J connectivity index is 2.14. The van der Waals surface area contributed by atoms with Crippen LogP contribution < -0.4 is 0 Å². The van der Waals surface area contributed by atoms with Gasteiger partial charge in [-0.25, -0.2) is 8.42 Å². The van der Waals surface area contributed by atoms with Crippen molar-refractivity contribution in [3.63, 3.8) is 0 Å². The molecule has 0 spiro atoms. The van der Waals surface area contributed by atoms with Gasteiger partial charge < -0.3 is 0 Å². The van der Waals surface area contributed by atoms with Crippen LogP contribution >= 0.6 is 12.6 Å². The third kappa shape index (κ3) is 2.24. The van der Waals surface area contributed by atoms with E-state index in [1.807, 2.05) is 12.1 Å². The Morgan fingerprint density at radius 3 is 2.79 bits per heavy atom. The summed E-state index contributed by atoms with van der Waals surface area (Å²) in [6.07, 6.45) is 2.41. The number of rotatable bonds is 2. The highest BCUT2D eigenvalue weighted by Crippen LogP contribution is 2.27. The normalized spacial score (nSPS) is 21.0. The third-order valence-corrected chi connectivity index (χ3v) is 5.66. The lowest BCUT2D eigenvalue weighted by molar-refractivity contribution is 0.479. The fraction of sp³-hybridized carbons (Fsp3) is 0.308. The standard InChI is InChI=1S/C13H14N2O2S2/c16-19(17,15-8-6-11(18)9-15)12-5-1-3-10-4-2-7-14-13(10)12/h1-5,7,11,18H,6,8-9H2. The van der Waals surface area contributed by atoms with E-state index in [0.29, 0.717) is 18.6 Å². The summed E-state index contributed by atoms with van der Waals surface area (Å²) in [6, 6.07) is 8.92. The minimum atomic E-state index is -3.48. The van der Waals surface area contributed by atoms with Crippen LogP contribution in [0.25, 0.3) is 10.9 Å². The van der Waals surface area contributed by atoms with Crippen LogP contribution in [0.5, 0.6) is 0 Å². The second-order valence-corrected chi connectivity index (χ2v) is 7.27. The zero-order valence-electron chi connectivity index (χ0n) is 10.2. The van der Waals surface area contributed by atoms with Crippen LogP contribution in [-0.2, 0) is 10.0 Å². The van der Waals surface area contributed by atoms with Gasteiger partial charge >= 0.3 is 0 Å². The maximum Gasteiger partial charge on any atom is 0.245 e. The molecule has 1 atom stereocenters. The largest absolute Gasteiger partial charge is 0.255 e. The number of hydrogen-bond donors (Lipinski definition) is 1. The zero-order valence-corrected chi connectivity index (χ0v) is 11.9. The first kappa shape index (κ1) is 12.9. The fourth-order valence-corrected chi connectivity index (χ4v) is 4.44. The summed E-state index contributed by atoms with van der Waals surface area (Å²) in [4.78, 5) is 4.50. The molecule has 0 amide bonds. The molecule has 4 nitrogen and oxygen atoms in total. The molecule has 2 aromatic rings. The van der Waals surface area contributed by atoms with E-state index in [0.717, 1.165) is 11.8 Å². The van der Waals surface area contributed by atoms with Crippen molar-refractivity contribution in [3.05, 3.63) is 36.5 Å². The van der Waals surface area contributed by atoms with E-state index in [-0.39, 0.29) is 10.1 Å². The predicted molar refractivity (Wildman–Crippen MR) is 77.9 cm³/mol. The summed E-state index contributed by atoms with van der Waals surface area (Å²) in [5.41, 5.74) is 0.535. The molecular weight excluding hydrogens is 280 g/mol. The van der Waals surface area contributed by atoms with Gasteiger partial charge in [-0.1, -0.05) is 18.2 Å². The van der Waals surface area contributed by atoms with Gasteiger partial charge in [-0.05, 0) is 18.6 Å². The lowest BCUT2D eigenvalue weighted by Crippen LogP contribution is -2.29. The van der Waals surface area contributed by atoms with E-state index >= 15 is 0 Å². The Labute approximate surface area is 117 Å². The van der Waals surface area contributed by atoms with Crippen LogP contribution in [0.1, 0.15) is 6.42 Å². The van der Waals surface area contributed by atoms with Crippen molar-refractivity contribution in [1.82, 2.24) is 9.29 Å². The van der Waals surface area contributed by atoms with Crippen molar-refractivity contribution in [3.8, 4) is 0 Å². The smallest absolute Gasteiger partial charge is 0.245 e. The van der Waals surface area contributed by atoms with E-state index in [2.05, 4.69) is 17.6 Å². The third-order valence-electron chi connectivity index (χ3n) is 3.34. The van der Waals surface area contributed by atoms with Gasteiger partial charge in [0.05, 0.1) is 5.52 Å². The van der Waals surface area contributed by atoms with E-state index in [1.165, 1.54) is 4.31 Å². The molecule has 1 saturated heterocycles. The van der Waals surface area contributed by atoms with Crippen LogP contribution in [0.2, 0.25) is 0 Å².